The average Bonchev–Trinajstić information content (AvgIpc) is 0.918. The maximum absolute atomic E-state index is 4.93. The molecule has 0 amide bonds. The summed E-state index contributed by atoms with van der Waals surface area (Å²) in [7, 11) is 9.87. The molecule has 0 saturated carbocycles. The fourth-order valence-electron chi connectivity index (χ4n) is 0. The van der Waals surface area contributed by atoms with Gasteiger partial charge < -0.3 is 48.0 Å². The molecule has 0 spiro atoms. The van der Waals surface area contributed by atoms with Gasteiger partial charge in [-0.15, -0.1) is 0 Å². The Balaban J connectivity index is -0.0000000200. The van der Waals surface area contributed by atoms with Crippen molar-refractivity contribution in [3.63, 3.8) is 0 Å². The van der Waals surface area contributed by atoms with Crippen LogP contribution in [0, 0.1) is 0 Å². The van der Waals surface area contributed by atoms with Crippen LogP contribution in [0.1, 0.15) is 0 Å². The Morgan fingerprint density at radius 1 is 1.00 bits per heavy atom. The van der Waals surface area contributed by atoms with Crippen molar-refractivity contribution < 1.29 is 68.8 Å². The molecule has 5 heteroatoms. The molecule has 0 aromatic rings. The predicted molar refractivity (Wildman–Crippen MR) is 11.7 cm³/mol. The normalized spacial score (nSPS) is 2.00. The third kappa shape index (κ3) is 19.6. The molecule has 0 saturated heterocycles. The van der Waals surface area contributed by atoms with Crippen molar-refractivity contribution >= 4 is 17.0 Å². The second-order valence-electron chi connectivity index (χ2n) is 0.0714. The molecule has 0 bridgehead atoms. The van der Waals surface area contributed by atoms with E-state index in [4.69, 9.17) is 17.0 Å². The van der Waals surface area contributed by atoms with E-state index in [-0.39, 0.29) is 48.0 Å². The Hall–Kier alpha value is 2.92. The fourth-order valence-corrected chi connectivity index (χ4v) is 0. The molecular formula is Cl2I2Zr. The Bertz CT molecular complexity index is 7.61. The van der Waals surface area contributed by atoms with Gasteiger partial charge in [-0.25, -0.2) is 0 Å². The monoisotopic (exact) mass is 414 g/mol. The average molecular weight is 416 g/mol. The smallest absolute Gasteiger partial charge is 1.00 e. The van der Waals surface area contributed by atoms with Crippen LogP contribution >= 0.6 is 17.0 Å². The number of hydrogen-bond donors (Lipinski definition) is 0. The predicted octanol–water partition coefficient (Wildman–Crippen LogP) is -4.62. The van der Waals surface area contributed by atoms with Crippen molar-refractivity contribution in [3.05, 3.63) is 0 Å². The van der Waals surface area contributed by atoms with Crippen LogP contribution in [0.2, 0.25) is 0 Å². The molecule has 0 unspecified atom stereocenters. The van der Waals surface area contributed by atoms with Crippen LogP contribution in [-0.2, 0) is 20.8 Å². The second-order valence-corrected chi connectivity index (χ2v) is 3.80. The molecule has 32 valence electrons. The first-order chi connectivity index (χ1) is 1.41. The summed E-state index contributed by atoms with van der Waals surface area (Å²) in [5.41, 5.74) is 0. The topological polar surface area (TPSA) is 0 Å². The SMILES string of the molecule is [Cl][Zr+2][Cl].[I-].[I-]. The van der Waals surface area contributed by atoms with E-state index in [1.165, 1.54) is 0 Å². The van der Waals surface area contributed by atoms with E-state index < -0.39 is 20.8 Å². The minimum atomic E-state index is -0.826. The molecule has 0 N–H and O–H groups in total. The third-order valence-electron chi connectivity index (χ3n) is 0. The zero-order chi connectivity index (χ0) is 2.71. The Morgan fingerprint density at radius 3 is 1.00 bits per heavy atom. The van der Waals surface area contributed by atoms with Gasteiger partial charge in [-0.3, -0.25) is 0 Å². The number of hydrogen-bond acceptors (Lipinski definition) is 0. The molecule has 0 fully saturated rings. The first-order valence-corrected chi connectivity index (χ1v) is 6.71. The molecule has 0 rings (SSSR count). The Morgan fingerprint density at radius 2 is 1.00 bits per heavy atom. The first kappa shape index (κ1) is 15.7. The van der Waals surface area contributed by atoms with Crippen molar-refractivity contribution in [1.29, 1.82) is 0 Å². The molecule has 0 aromatic heterocycles. The maximum atomic E-state index is 4.93. The molecule has 0 aliphatic rings. The molecule has 0 aliphatic carbocycles. The summed E-state index contributed by atoms with van der Waals surface area (Å²) in [6.07, 6.45) is 0. The first-order valence-electron chi connectivity index (χ1n) is 0.378. The quantitative estimate of drug-likeness (QED) is 0.349. The molecule has 5 heavy (non-hydrogen) atoms. The van der Waals surface area contributed by atoms with Crippen LogP contribution in [0.5, 0.6) is 0 Å². The van der Waals surface area contributed by atoms with E-state index in [9.17, 15) is 0 Å². The van der Waals surface area contributed by atoms with Crippen LogP contribution in [0.4, 0.5) is 0 Å². The van der Waals surface area contributed by atoms with E-state index in [2.05, 4.69) is 0 Å². The fraction of sp³-hybridized carbons (Fsp3) is 0. The van der Waals surface area contributed by atoms with Gasteiger partial charge >= 0.3 is 37.9 Å². The summed E-state index contributed by atoms with van der Waals surface area (Å²) in [5, 5.41) is 0. The van der Waals surface area contributed by atoms with Gasteiger partial charge in [0.15, 0.2) is 0 Å². The van der Waals surface area contributed by atoms with Gasteiger partial charge in [0.05, 0.1) is 0 Å². The van der Waals surface area contributed by atoms with Crippen molar-refractivity contribution in [3.8, 4) is 0 Å². The van der Waals surface area contributed by atoms with Crippen molar-refractivity contribution in [2.75, 3.05) is 0 Å². The van der Waals surface area contributed by atoms with Gasteiger partial charge in [0.2, 0.25) is 0 Å². The summed E-state index contributed by atoms with van der Waals surface area (Å²) in [6, 6.07) is 0. The summed E-state index contributed by atoms with van der Waals surface area (Å²) in [6.45, 7) is 0. The van der Waals surface area contributed by atoms with Gasteiger partial charge in [-0.1, -0.05) is 0 Å². The third-order valence-corrected chi connectivity index (χ3v) is 0. The minimum absolute atomic E-state index is 0. The van der Waals surface area contributed by atoms with Crippen LogP contribution in [0.15, 0.2) is 0 Å². The van der Waals surface area contributed by atoms with Gasteiger partial charge in [0.1, 0.15) is 0 Å². The molecule has 0 radical (unpaired) electrons. The largest absolute Gasteiger partial charge is 1.00 e. The van der Waals surface area contributed by atoms with Crippen LogP contribution in [0.3, 0.4) is 0 Å². The van der Waals surface area contributed by atoms with Crippen LogP contribution in [0.25, 0.3) is 0 Å². The standard InChI is InChI=1S/2ClH.2HI.Zr/h4*1H;/q;;;;+4/p-4. The van der Waals surface area contributed by atoms with E-state index in [0.717, 1.165) is 0 Å². The Labute approximate surface area is 84.1 Å². The molecule has 0 heterocycles. The molecule has 0 aliphatic heterocycles. The maximum Gasteiger partial charge on any atom is -1.00 e. The van der Waals surface area contributed by atoms with E-state index >= 15 is 0 Å². The van der Waals surface area contributed by atoms with Gasteiger partial charge in [0.25, 0.3) is 0 Å². The molecule has 0 atom stereocenters. The van der Waals surface area contributed by atoms with E-state index in [1.807, 2.05) is 0 Å². The minimum Gasteiger partial charge on any atom is -1.00 e. The van der Waals surface area contributed by atoms with Crippen LogP contribution in [-0.4, -0.2) is 0 Å². The zero-order valence-corrected chi connectivity index (χ0v) is 10.3. The molecule has 0 nitrogen and oxygen atoms in total. The van der Waals surface area contributed by atoms with E-state index in [0.29, 0.717) is 0 Å². The summed E-state index contributed by atoms with van der Waals surface area (Å²) in [5.74, 6) is 0. The number of halogens is 4. The number of rotatable bonds is 0. The van der Waals surface area contributed by atoms with E-state index in [1.54, 1.807) is 0 Å². The van der Waals surface area contributed by atoms with Crippen molar-refractivity contribution in [2.45, 2.75) is 0 Å². The zero-order valence-electron chi connectivity index (χ0n) is 2.01. The van der Waals surface area contributed by atoms with Crippen molar-refractivity contribution in [2.24, 2.45) is 0 Å². The van der Waals surface area contributed by atoms with Gasteiger partial charge in [-0.2, -0.15) is 0 Å². The van der Waals surface area contributed by atoms with Crippen LogP contribution < -0.4 is 48.0 Å². The van der Waals surface area contributed by atoms with Gasteiger partial charge in [0, 0.05) is 0 Å². The molecule has 0 aromatic carbocycles. The summed E-state index contributed by atoms with van der Waals surface area (Å²) in [4.78, 5) is 0. The summed E-state index contributed by atoms with van der Waals surface area (Å²) < 4.78 is 0. The van der Waals surface area contributed by atoms with Gasteiger partial charge in [-0.05, 0) is 0 Å². The summed E-state index contributed by atoms with van der Waals surface area (Å²) >= 11 is -0.826. The molecular weight excluding hydrogens is 416 g/mol. The second kappa shape index (κ2) is 15.8. The van der Waals surface area contributed by atoms with Crippen molar-refractivity contribution in [1.82, 2.24) is 0 Å². The Kier molecular flexibility index (Phi) is 49.5.